The first-order valence-corrected chi connectivity index (χ1v) is 7.20. The summed E-state index contributed by atoms with van der Waals surface area (Å²) in [6.45, 7) is 11.0. The van der Waals surface area contributed by atoms with E-state index in [1.165, 1.54) is 4.90 Å². The van der Waals surface area contributed by atoms with Gasteiger partial charge in [-0.2, -0.15) is 0 Å². The van der Waals surface area contributed by atoms with Gasteiger partial charge in [-0.3, -0.25) is 14.5 Å². The van der Waals surface area contributed by atoms with Gasteiger partial charge in [0.05, 0.1) is 0 Å². The molecule has 0 unspecified atom stereocenters. The molecule has 1 aliphatic heterocycles. The van der Waals surface area contributed by atoms with Crippen LogP contribution in [0, 0.1) is 11.8 Å². The second kappa shape index (κ2) is 6.72. The van der Waals surface area contributed by atoms with E-state index in [0.717, 1.165) is 4.90 Å². The van der Waals surface area contributed by atoms with E-state index in [4.69, 9.17) is 0 Å². The van der Waals surface area contributed by atoms with Crippen LogP contribution in [0.1, 0.15) is 34.6 Å². The van der Waals surface area contributed by atoms with Crippen molar-refractivity contribution in [2.45, 2.75) is 40.7 Å². The third-order valence-corrected chi connectivity index (χ3v) is 3.66. The predicted molar refractivity (Wildman–Crippen MR) is 76.0 cm³/mol. The molecular formula is C14H25N3O3. The standard InChI is InChI=1S/C14H25N3O3/c1-6-16-7-8-17(13(19)12(16)18)14(20)15-11(9(2)3)10(4)5/h9-11H,6-8H2,1-5H3,(H,15,20). The molecule has 0 saturated carbocycles. The molecule has 0 radical (unpaired) electrons. The van der Waals surface area contributed by atoms with Crippen LogP contribution < -0.4 is 5.32 Å². The number of nitrogens with one attached hydrogen (secondary N) is 1. The number of likely N-dealkylation sites (N-methyl/N-ethyl adjacent to an activating group) is 1. The fourth-order valence-electron chi connectivity index (χ4n) is 2.49. The third-order valence-electron chi connectivity index (χ3n) is 3.66. The molecule has 0 atom stereocenters. The van der Waals surface area contributed by atoms with Crippen molar-refractivity contribution in [1.29, 1.82) is 0 Å². The highest BCUT2D eigenvalue weighted by Crippen LogP contribution is 2.13. The Hall–Kier alpha value is -1.59. The summed E-state index contributed by atoms with van der Waals surface area (Å²) in [4.78, 5) is 38.4. The number of urea groups is 1. The number of amides is 4. The first-order chi connectivity index (χ1) is 9.29. The molecule has 0 aromatic rings. The highest BCUT2D eigenvalue weighted by molar-refractivity contribution is 6.38. The third kappa shape index (κ3) is 3.49. The zero-order valence-corrected chi connectivity index (χ0v) is 13.0. The molecule has 1 saturated heterocycles. The van der Waals surface area contributed by atoms with Crippen molar-refractivity contribution in [3.05, 3.63) is 0 Å². The van der Waals surface area contributed by atoms with Gasteiger partial charge in [-0.05, 0) is 18.8 Å². The summed E-state index contributed by atoms with van der Waals surface area (Å²) in [6, 6.07) is -0.485. The van der Waals surface area contributed by atoms with Gasteiger partial charge in [0.15, 0.2) is 0 Å². The predicted octanol–water partition coefficient (Wildman–Crippen LogP) is 1.07. The molecule has 1 rings (SSSR count). The fraction of sp³-hybridized carbons (Fsp3) is 0.786. The molecular weight excluding hydrogens is 258 g/mol. The van der Waals surface area contributed by atoms with E-state index >= 15 is 0 Å². The second-order valence-electron chi connectivity index (χ2n) is 5.80. The van der Waals surface area contributed by atoms with Gasteiger partial charge in [0.1, 0.15) is 0 Å². The summed E-state index contributed by atoms with van der Waals surface area (Å²) in [5.41, 5.74) is 0. The van der Waals surface area contributed by atoms with Crippen LogP contribution in [0.4, 0.5) is 4.79 Å². The normalized spacial score (nSPS) is 16.6. The topological polar surface area (TPSA) is 69.7 Å². The van der Waals surface area contributed by atoms with Crippen molar-refractivity contribution in [3.8, 4) is 0 Å². The van der Waals surface area contributed by atoms with Gasteiger partial charge >= 0.3 is 17.8 Å². The Morgan fingerprint density at radius 2 is 1.65 bits per heavy atom. The van der Waals surface area contributed by atoms with Crippen molar-refractivity contribution in [1.82, 2.24) is 15.1 Å². The van der Waals surface area contributed by atoms with Crippen LogP contribution in [0.5, 0.6) is 0 Å². The number of nitrogens with zero attached hydrogens (tertiary/aromatic N) is 2. The molecule has 6 heteroatoms. The molecule has 1 N–H and O–H groups in total. The van der Waals surface area contributed by atoms with Crippen LogP contribution in [0.3, 0.4) is 0 Å². The van der Waals surface area contributed by atoms with Gasteiger partial charge in [0.25, 0.3) is 0 Å². The first kappa shape index (κ1) is 16.5. The zero-order valence-electron chi connectivity index (χ0n) is 13.0. The molecule has 4 amide bonds. The van der Waals surface area contributed by atoms with Crippen LogP contribution >= 0.6 is 0 Å². The largest absolute Gasteiger partial charge is 0.334 e. The van der Waals surface area contributed by atoms with Crippen LogP contribution in [0.25, 0.3) is 0 Å². The van der Waals surface area contributed by atoms with Gasteiger partial charge in [0, 0.05) is 25.7 Å². The second-order valence-corrected chi connectivity index (χ2v) is 5.80. The summed E-state index contributed by atoms with van der Waals surface area (Å²) in [5, 5.41) is 2.86. The minimum Gasteiger partial charge on any atom is -0.334 e. The van der Waals surface area contributed by atoms with Gasteiger partial charge in [-0.25, -0.2) is 4.79 Å². The van der Waals surface area contributed by atoms with E-state index in [1.54, 1.807) is 0 Å². The van der Waals surface area contributed by atoms with Crippen LogP contribution in [0.15, 0.2) is 0 Å². The van der Waals surface area contributed by atoms with Crippen molar-refractivity contribution in [3.63, 3.8) is 0 Å². The Bertz CT molecular complexity index is 385. The van der Waals surface area contributed by atoms with E-state index in [9.17, 15) is 14.4 Å². The average Bonchev–Trinajstić information content (AvgIpc) is 2.38. The minimum atomic E-state index is -0.734. The van der Waals surface area contributed by atoms with Crippen molar-refractivity contribution >= 4 is 17.8 Å². The van der Waals surface area contributed by atoms with Gasteiger partial charge < -0.3 is 10.2 Å². The minimum absolute atomic E-state index is 0.0189. The van der Waals surface area contributed by atoms with Crippen molar-refractivity contribution < 1.29 is 14.4 Å². The smallest absolute Gasteiger partial charge is 0.324 e. The van der Waals surface area contributed by atoms with E-state index in [-0.39, 0.29) is 24.4 Å². The van der Waals surface area contributed by atoms with E-state index < -0.39 is 17.8 Å². The lowest BCUT2D eigenvalue weighted by molar-refractivity contribution is -0.153. The zero-order chi connectivity index (χ0) is 15.4. The van der Waals surface area contributed by atoms with Crippen LogP contribution in [-0.4, -0.2) is 53.3 Å². The highest BCUT2D eigenvalue weighted by Gasteiger charge is 2.36. The summed E-state index contributed by atoms with van der Waals surface area (Å²) in [7, 11) is 0. The molecule has 20 heavy (non-hydrogen) atoms. The number of piperazine rings is 1. The summed E-state index contributed by atoms with van der Waals surface area (Å²) < 4.78 is 0. The summed E-state index contributed by atoms with van der Waals surface area (Å²) in [6.07, 6.45) is 0. The lowest BCUT2D eigenvalue weighted by Gasteiger charge is -2.34. The Balaban J connectivity index is 2.73. The molecule has 6 nitrogen and oxygen atoms in total. The number of rotatable bonds is 4. The molecule has 0 spiro atoms. The molecule has 1 fully saturated rings. The lowest BCUT2D eigenvalue weighted by atomic mass is 9.93. The molecule has 0 aromatic carbocycles. The lowest BCUT2D eigenvalue weighted by Crippen LogP contribution is -2.59. The fourth-order valence-corrected chi connectivity index (χ4v) is 2.49. The van der Waals surface area contributed by atoms with Gasteiger partial charge in [-0.1, -0.05) is 27.7 Å². The number of hydrogen-bond donors (Lipinski definition) is 1. The maximum Gasteiger partial charge on any atom is 0.324 e. The quantitative estimate of drug-likeness (QED) is 0.785. The Kier molecular flexibility index (Phi) is 5.53. The SMILES string of the molecule is CCN1CCN(C(=O)NC(C(C)C)C(C)C)C(=O)C1=O. The average molecular weight is 283 g/mol. The molecule has 114 valence electrons. The number of carbonyl (C=O) groups is 3. The van der Waals surface area contributed by atoms with E-state index in [2.05, 4.69) is 5.32 Å². The number of imide groups is 1. The van der Waals surface area contributed by atoms with Crippen molar-refractivity contribution in [2.24, 2.45) is 11.8 Å². The molecule has 0 bridgehead atoms. The molecule has 1 aliphatic rings. The van der Waals surface area contributed by atoms with Gasteiger partial charge in [0.2, 0.25) is 0 Å². The monoisotopic (exact) mass is 283 g/mol. The summed E-state index contributed by atoms with van der Waals surface area (Å²) in [5.74, 6) is -0.801. The Morgan fingerprint density at radius 1 is 1.10 bits per heavy atom. The Morgan fingerprint density at radius 3 is 2.10 bits per heavy atom. The number of hydrogen-bond acceptors (Lipinski definition) is 3. The summed E-state index contributed by atoms with van der Waals surface area (Å²) >= 11 is 0. The first-order valence-electron chi connectivity index (χ1n) is 7.20. The highest BCUT2D eigenvalue weighted by atomic mass is 16.2. The Labute approximate surface area is 120 Å². The van der Waals surface area contributed by atoms with Crippen LogP contribution in [-0.2, 0) is 9.59 Å². The molecule has 0 aromatic heterocycles. The maximum atomic E-state index is 12.2. The molecule has 1 heterocycles. The van der Waals surface area contributed by atoms with Crippen molar-refractivity contribution in [2.75, 3.05) is 19.6 Å². The van der Waals surface area contributed by atoms with E-state index in [1.807, 2.05) is 34.6 Å². The van der Waals surface area contributed by atoms with E-state index in [0.29, 0.717) is 13.1 Å². The van der Waals surface area contributed by atoms with Crippen LogP contribution in [0.2, 0.25) is 0 Å². The number of carbonyl (C=O) groups excluding carboxylic acids is 3. The maximum absolute atomic E-state index is 12.2. The van der Waals surface area contributed by atoms with Gasteiger partial charge in [-0.15, -0.1) is 0 Å². The molecule has 0 aliphatic carbocycles.